The van der Waals surface area contributed by atoms with Crippen LogP contribution in [0.3, 0.4) is 0 Å². The predicted molar refractivity (Wildman–Crippen MR) is 85.8 cm³/mol. The largest absolute Gasteiger partial charge is 0.354 e. The molecule has 1 aromatic carbocycles. The molecule has 20 heavy (non-hydrogen) atoms. The first kappa shape index (κ1) is 15.5. The molecule has 3 nitrogen and oxygen atoms in total. The van der Waals surface area contributed by atoms with Gasteiger partial charge in [-0.05, 0) is 37.1 Å². The third-order valence-electron chi connectivity index (χ3n) is 3.94. The third kappa shape index (κ3) is 4.06. The number of halogens is 1. The molecule has 1 unspecified atom stereocenters. The molecule has 2 rings (SSSR count). The number of benzene rings is 1. The van der Waals surface area contributed by atoms with Gasteiger partial charge < -0.3 is 10.6 Å². The van der Waals surface area contributed by atoms with Gasteiger partial charge in [-0.2, -0.15) is 0 Å². The number of piperidine rings is 1. The van der Waals surface area contributed by atoms with E-state index in [1.165, 1.54) is 12.0 Å². The van der Waals surface area contributed by atoms with Gasteiger partial charge in [0.1, 0.15) is 0 Å². The first-order valence-corrected chi connectivity index (χ1v) is 8.05. The summed E-state index contributed by atoms with van der Waals surface area (Å²) in [6, 6.07) is 8.26. The second-order valence-electron chi connectivity index (χ2n) is 6.11. The van der Waals surface area contributed by atoms with Gasteiger partial charge in [-0.1, -0.05) is 48.3 Å². The average molecular weight is 339 g/mol. The summed E-state index contributed by atoms with van der Waals surface area (Å²) in [5, 5.41) is 6.38. The molecule has 4 heteroatoms. The highest BCUT2D eigenvalue weighted by Crippen LogP contribution is 2.25. The monoisotopic (exact) mass is 338 g/mol. The lowest BCUT2D eigenvalue weighted by molar-refractivity contribution is -0.123. The molecule has 1 aromatic rings. The molecule has 0 bridgehead atoms. The zero-order valence-electron chi connectivity index (χ0n) is 12.2. The van der Waals surface area contributed by atoms with E-state index >= 15 is 0 Å². The summed E-state index contributed by atoms with van der Waals surface area (Å²) in [6.07, 6.45) is 3.26. The van der Waals surface area contributed by atoms with Crippen LogP contribution in [0.25, 0.3) is 0 Å². The van der Waals surface area contributed by atoms with E-state index in [0.29, 0.717) is 6.54 Å². The Labute approximate surface area is 129 Å². The van der Waals surface area contributed by atoms with E-state index in [1.807, 2.05) is 12.1 Å². The Morgan fingerprint density at radius 1 is 1.45 bits per heavy atom. The Kier molecular flexibility index (Phi) is 5.22. The van der Waals surface area contributed by atoms with Crippen molar-refractivity contribution in [3.8, 4) is 0 Å². The average Bonchev–Trinajstić information content (AvgIpc) is 2.46. The summed E-state index contributed by atoms with van der Waals surface area (Å²) in [5.41, 5.74) is 1.15. The van der Waals surface area contributed by atoms with Crippen LogP contribution in [-0.4, -0.2) is 25.0 Å². The number of rotatable bonds is 4. The van der Waals surface area contributed by atoms with Crippen LogP contribution in [0.5, 0.6) is 0 Å². The van der Waals surface area contributed by atoms with Crippen molar-refractivity contribution in [3.05, 3.63) is 34.3 Å². The molecule has 1 saturated heterocycles. The van der Waals surface area contributed by atoms with Gasteiger partial charge in [0.05, 0.1) is 6.04 Å². The van der Waals surface area contributed by atoms with Gasteiger partial charge in [-0.15, -0.1) is 0 Å². The van der Waals surface area contributed by atoms with Gasteiger partial charge in [-0.25, -0.2) is 0 Å². The fourth-order valence-corrected chi connectivity index (χ4v) is 2.92. The molecule has 1 atom stereocenters. The Morgan fingerprint density at radius 3 is 2.90 bits per heavy atom. The summed E-state index contributed by atoms with van der Waals surface area (Å²) >= 11 is 3.50. The Hall–Kier alpha value is -0.870. The van der Waals surface area contributed by atoms with Crippen LogP contribution in [0.1, 0.15) is 38.7 Å². The van der Waals surface area contributed by atoms with Crippen LogP contribution in [0, 0.1) is 0 Å². The van der Waals surface area contributed by atoms with Crippen LogP contribution in [0.15, 0.2) is 28.7 Å². The molecule has 0 aromatic heterocycles. The topological polar surface area (TPSA) is 41.1 Å². The lowest BCUT2D eigenvalue weighted by Crippen LogP contribution is -2.49. The molecular weight excluding hydrogens is 316 g/mol. The highest BCUT2D eigenvalue weighted by atomic mass is 79.9. The van der Waals surface area contributed by atoms with E-state index in [4.69, 9.17) is 0 Å². The Balaban J connectivity index is 1.93. The van der Waals surface area contributed by atoms with Gasteiger partial charge in [0.25, 0.3) is 0 Å². The van der Waals surface area contributed by atoms with Crippen LogP contribution in [0.2, 0.25) is 0 Å². The fraction of sp³-hybridized carbons (Fsp3) is 0.562. The minimum Gasteiger partial charge on any atom is -0.354 e. The zero-order valence-corrected chi connectivity index (χ0v) is 13.8. The zero-order chi connectivity index (χ0) is 14.6. The van der Waals surface area contributed by atoms with E-state index in [9.17, 15) is 4.79 Å². The van der Waals surface area contributed by atoms with Gasteiger partial charge >= 0.3 is 0 Å². The first-order valence-electron chi connectivity index (χ1n) is 7.26. The SMILES string of the molecule is CC(C)(CNC(=O)C1CCCCN1)c1cccc(Br)c1. The summed E-state index contributed by atoms with van der Waals surface area (Å²) in [4.78, 5) is 12.2. The van der Waals surface area contributed by atoms with Gasteiger partial charge in [0.2, 0.25) is 5.91 Å². The minimum atomic E-state index is -0.0753. The van der Waals surface area contributed by atoms with Crippen molar-refractivity contribution in [2.45, 2.75) is 44.6 Å². The second kappa shape index (κ2) is 6.72. The smallest absolute Gasteiger partial charge is 0.237 e. The molecular formula is C16H23BrN2O. The number of carbonyl (C=O) groups excluding carboxylic acids is 1. The number of amides is 1. The van der Waals surface area contributed by atoms with Crippen molar-refractivity contribution in [2.24, 2.45) is 0 Å². The van der Waals surface area contributed by atoms with Gasteiger partial charge in [0.15, 0.2) is 0 Å². The summed E-state index contributed by atoms with van der Waals surface area (Å²) < 4.78 is 1.07. The summed E-state index contributed by atoms with van der Waals surface area (Å²) in [7, 11) is 0. The third-order valence-corrected chi connectivity index (χ3v) is 4.43. The molecule has 1 aliphatic rings. The maximum absolute atomic E-state index is 12.2. The van der Waals surface area contributed by atoms with Crippen molar-refractivity contribution < 1.29 is 4.79 Å². The Morgan fingerprint density at radius 2 is 2.25 bits per heavy atom. The number of hydrogen-bond donors (Lipinski definition) is 2. The normalized spacial score (nSPS) is 19.6. The van der Waals surface area contributed by atoms with Crippen molar-refractivity contribution in [2.75, 3.05) is 13.1 Å². The number of nitrogens with one attached hydrogen (secondary N) is 2. The highest BCUT2D eigenvalue weighted by molar-refractivity contribution is 9.10. The van der Waals surface area contributed by atoms with E-state index in [1.54, 1.807) is 0 Å². The molecule has 110 valence electrons. The van der Waals surface area contributed by atoms with Crippen molar-refractivity contribution in [1.29, 1.82) is 0 Å². The molecule has 0 radical (unpaired) electrons. The van der Waals surface area contributed by atoms with Gasteiger partial charge in [-0.3, -0.25) is 4.79 Å². The lowest BCUT2D eigenvalue weighted by atomic mass is 9.84. The summed E-state index contributed by atoms with van der Waals surface area (Å²) in [5.74, 6) is 0.132. The quantitative estimate of drug-likeness (QED) is 0.886. The predicted octanol–water partition coefficient (Wildman–Crippen LogP) is 2.99. The molecule has 0 aliphatic carbocycles. The van der Waals surface area contributed by atoms with E-state index < -0.39 is 0 Å². The van der Waals surface area contributed by atoms with Crippen LogP contribution in [-0.2, 0) is 10.2 Å². The Bertz CT molecular complexity index is 467. The lowest BCUT2D eigenvalue weighted by Gasteiger charge is -2.28. The molecule has 2 N–H and O–H groups in total. The summed E-state index contributed by atoms with van der Waals surface area (Å²) in [6.45, 7) is 5.92. The van der Waals surface area contributed by atoms with E-state index in [2.05, 4.69) is 52.5 Å². The first-order chi connectivity index (χ1) is 9.49. The van der Waals surface area contributed by atoms with E-state index in [-0.39, 0.29) is 17.4 Å². The van der Waals surface area contributed by atoms with E-state index in [0.717, 1.165) is 23.9 Å². The highest BCUT2D eigenvalue weighted by Gasteiger charge is 2.25. The van der Waals surface area contributed by atoms with Crippen LogP contribution in [0.4, 0.5) is 0 Å². The molecule has 1 heterocycles. The van der Waals surface area contributed by atoms with Crippen molar-refractivity contribution in [3.63, 3.8) is 0 Å². The molecule has 1 aliphatic heterocycles. The molecule has 1 fully saturated rings. The maximum atomic E-state index is 12.2. The number of hydrogen-bond acceptors (Lipinski definition) is 2. The van der Waals surface area contributed by atoms with Gasteiger partial charge in [0, 0.05) is 16.4 Å². The molecule has 0 saturated carbocycles. The second-order valence-corrected chi connectivity index (χ2v) is 7.03. The van der Waals surface area contributed by atoms with Crippen LogP contribution < -0.4 is 10.6 Å². The van der Waals surface area contributed by atoms with Crippen molar-refractivity contribution >= 4 is 21.8 Å². The number of carbonyl (C=O) groups is 1. The molecule has 1 amide bonds. The standard InChI is InChI=1S/C16H23BrN2O/c1-16(2,12-6-5-7-13(17)10-12)11-19-15(20)14-8-3-4-9-18-14/h5-7,10,14,18H,3-4,8-9,11H2,1-2H3,(H,19,20). The van der Waals surface area contributed by atoms with Crippen molar-refractivity contribution in [1.82, 2.24) is 10.6 Å². The maximum Gasteiger partial charge on any atom is 0.237 e. The molecule has 0 spiro atoms. The van der Waals surface area contributed by atoms with Crippen LogP contribution >= 0.6 is 15.9 Å². The fourth-order valence-electron chi connectivity index (χ4n) is 2.52. The minimum absolute atomic E-state index is 0.0120.